The largest absolute Gasteiger partial charge is 0.382 e. The van der Waals surface area contributed by atoms with Gasteiger partial charge in [0.1, 0.15) is 5.82 Å². The van der Waals surface area contributed by atoms with Crippen LogP contribution in [-0.4, -0.2) is 56.5 Å². The first kappa shape index (κ1) is 17.9. The number of morpholine rings is 1. The van der Waals surface area contributed by atoms with Gasteiger partial charge in [-0.3, -0.25) is 4.79 Å². The molecule has 0 N–H and O–H groups in total. The van der Waals surface area contributed by atoms with Crippen molar-refractivity contribution in [1.29, 1.82) is 0 Å². The molecule has 2 unspecified atom stereocenters. The monoisotopic (exact) mass is 367 g/mol. The molecule has 6 nitrogen and oxygen atoms in total. The van der Waals surface area contributed by atoms with Crippen molar-refractivity contribution in [2.24, 2.45) is 0 Å². The smallest absolute Gasteiger partial charge is 0.259 e. The average molecular weight is 367 g/mol. The van der Waals surface area contributed by atoms with Crippen LogP contribution in [0.25, 0.3) is 0 Å². The standard InChI is InChI=1S/C21H25N3O3/c1-15-12-23(13-18(27-15)14-26-2)20-8-7-17(11-22-20)21(25)24-10-9-16-5-3-4-6-19(16)24/h3-8,11,15,18H,9-10,12-14H2,1-2H3. The second kappa shape index (κ2) is 7.66. The summed E-state index contributed by atoms with van der Waals surface area (Å²) in [4.78, 5) is 21.5. The summed E-state index contributed by atoms with van der Waals surface area (Å²) in [6.45, 7) is 4.85. The van der Waals surface area contributed by atoms with Crippen LogP contribution in [0, 0.1) is 0 Å². The minimum Gasteiger partial charge on any atom is -0.382 e. The average Bonchev–Trinajstić information content (AvgIpc) is 3.11. The number of ether oxygens (including phenoxy) is 2. The van der Waals surface area contributed by atoms with Gasteiger partial charge in [0, 0.05) is 38.6 Å². The highest BCUT2D eigenvalue weighted by Crippen LogP contribution is 2.29. The van der Waals surface area contributed by atoms with Crippen LogP contribution in [0.15, 0.2) is 42.6 Å². The fraction of sp³-hybridized carbons (Fsp3) is 0.429. The predicted molar refractivity (Wildman–Crippen MR) is 104 cm³/mol. The van der Waals surface area contributed by atoms with E-state index in [4.69, 9.17) is 9.47 Å². The molecule has 0 aliphatic carbocycles. The molecule has 1 aromatic heterocycles. The van der Waals surface area contributed by atoms with E-state index < -0.39 is 0 Å². The number of hydrogen-bond donors (Lipinski definition) is 0. The Kier molecular flexibility index (Phi) is 5.09. The summed E-state index contributed by atoms with van der Waals surface area (Å²) in [6.07, 6.45) is 2.73. The van der Waals surface area contributed by atoms with Crippen LogP contribution in [0.1, 0.15) is 22.8 Å². The van der Waals surface area contributed by atoms with Gasteiger partial charge in [0.2, 0.25) is 0 Å². The molecular formula is C21H25N3O3. The Morgan fingerprint density at radius 3 is 2.89 bits per heavy atom. The third-order valence-electron chi connectivity index (χ3n) is 5.13. The molecule has 0 bridgehead atoms. The van der Waals surface area contributed by atoms with Gasteiger partial charge >= 0.3 is 0 Å². The molecule has 142 valence electrons. The van der Waals surface area contributed by atoms with Crippen LogP contribution in [-0.2, 0) is 15.9 Å². The minimum atomic E-state index is 0.00612. The molecule has 1 saturated heterocycles. The van der Waals surface area contributed by atoms with Crippen LogP contribution < -0.4 is 9.80 Å². The van der Waals surface area contributed by atoms with Crippen molar-refractivity contribution < 1.29 is 14.3 Å². The molecule has 1 amide bonds. The van der Waals surface area contributed by atoms with Crippen molar-refractivity contribution in [3.8, 4) is 0 Å². The van der Waals surface area contributed by atoms with Gasteiger partial charge < -0.3 is 19.3 Å². The van der Waals surface area contributed by atoms with E-state index in [0.29, 0.717) is 12.2 Å². The van der Waals surface area contributed by atoms with Crippen LogP contribution >= 0.6 is 0 Å². The maximum atomic E-state index is 12.9. The number of aromatic nitrogens is 1. The van der Waals surface area contributed by atoms with Gasteiger partial charge in [-0.1, -0.05) is 18.2 Å². The van der Waals surface area contributed by atoms with E-state index >= 15 is 0 Å². The van der Waals surface area contributed by atoms with E-state index in [-0.39, 0.29) is 18.1 Å². The van der Waals surface area contributed by atoms with E-state index in [1.165, 1.54) is 5.56 Å². The summed E-state index contributed by atoms with van der Waals surface area (Å²) in [5.74, 6) is 0.872. The first-order chi connectivity index (χ1) is 13.2. The number of hydrogen-bond acceptors (Lipinski definition) is 5. The van der Waals surface area contributed by atoms with Gasteiger partial charge in [0.05, 0.1) is 24.4 Å². The quantitative estimate of drug-likeness (QED) is 0.831. The van der Waals surface area contributed by atoms with Crippen molar-refractivity contribution in [3.05, 3.63) is 53.7 Å². The summed E-state index contributed by atoms with van der Waals surface area (Å²) in [7, 11) is 1.68. The number of rotatable bonds is 4. The molecular weight excluding hydrogens is 342 g/mol. The summed E-state index contributed by atoms with van der Waals surface area (Å²) in [5.41, 5.74) is 2.85. The molecule has 2 atom stereocenters. The van der Waals surface area contributed by atoms with E-state index in [1.807, 2.05) is 35.2 Å². The number of carbonyl (C=O) groups excluding carboxylic acids is 1. The number of amides is 1. The normalized spacial score (nSPS) is 22.0. The van der Waals surface area contributed by atoms with Gasteiger partial charge in [-0.2, -0.15) is 0 Å². The van der Waals surface area contributed by atoms with Crippen LogP contribution in [0.3, 0.4) is 0 Å². The first-order valence-electron chi connectivity index (χ1n) is 9.41. The topological polar surface area (TPSA) is 54.9 Å². The van der Waals surface area contributed by atoms with E-state index in [0.717, 1.165) is 37.6 Å². The Balaban J connectivity index is 1.48. The zero-order chi connectivity index (χ0) is 18.8. The van der Waals surface area contributed by atoms with E-state index in [2.05, 4.69) is 22.9 Å². The molecule has 6 heteroatoms. The lowest BCUT2D eigenvalue weighted by Crippen LogP contribution is -2.48. The van der Waals surface area contributed by atoms with Crippen LogP contribution in [0.2, 0.25) is 0 Å². The van der Waals surface area contributed by atoms with Gasteiger partial charge in [-0.25, -0.2) is 4.98 Å². The number of benzene rings is 1. The van der Waals surface area contributed by atoms with Crippen molar-refractivity contribution in [2.45, 2.75) is 25.6 Å². The molecule has 2 aromatic rings. The molecule has 27 heavy (non-hydrogen) atoms. The summed E-state index contributed by atoms with van der Waals surface area (Å²) in [6, 6.07) is 11.9. The summed E-state index contributed by atoms with van der Waals surface area (Å²) in [5, 5.41) is 0. The predicted octanol–water partition coefficient (Wildman–Crippen LogP) is 2.52. The second-order valence-corrected chi connectivity index (χ2v) is 7.17. The highest BCUT2D eigenvalue weighted by Gasteiger charge is 2.28. The fourth-order valence-corrected chi connectivity index (χ4v) is 3.91. The maximum Gasteiger partial charge on any atom is 0.259 e. The van der Waals surface area contributed by atoms with Crippen LogP contribution in [0.4, 0.5) is 11.5 Å². The molecule has 0 radical (unpaired) electrons. The molecule has 1 fully saturated rings. The number of carbonyl (C=O) groups is 1. The third kappa shape index (κ3) is 3.68. The van der Waals surface area contributed by atoms with Crippen molar-refractivity contribution >= 4 is 17.4 Å². The molecule has 1 aromatic carbocycles. The highest BCUT2D eigenvalue weighted by molar-refractivity contribution is 6.07. The third-order valence-corrected chi connectivity index (χ3v) is 5.13. The molecule has 2 aliphatic rings. The second-order valence-electron chi connectivity index (χ2n) is 7.17. The highest BCUT2D eigenvalue weighted by atomic mass is 16.5. The number of pyridine rings is 1. The van der Waals surface area contributed by atoms with Crippen LogP contribution in [0.5, 0.6) is 0 Å². The summed E-state index contributed by atoms with van der Waals surface area (Å²) >= 11 is 0. The van der Waals surface area contributed by atoms with Gasteiger partial charge in [-0.05, 0) is 37.1 Å². The fourth-order valence-electron chi connectivity index (χ4n) is 3.91. The van der Waals surface area contributed by atoms with Gasteiger partial charge in [0.25, 0.3) is 5.91 Å². The number of methoxy groups -OCH3 is 1. The Bertz CT molecular complexity index is 809. The van der Waals surface area contributed by atoms with Gasteiger partial charge in [0.15, 0.2) is 0 Å². The Morgan fingerprint density at radius 2 is 2.11 bits per heavy atom. The molecule has 3 heterocycles. The molecule has 4 rings (SSSR count). The number of fused-ring (bicyclic) bond motifs is 1. The lowest BCUT2D eigenvalue weighted by molar-refractivity contribution is -0.0512. The lowest BCUT2D eigenvalue weighted by atomic mass is 10.1. The number of nitrogens with zero attached hydrogens (tertiary/aromatic N) is 3. The first-order valence-corrected chi connectivity index (χ1v) is 9.41. The Labute approximate surface area is 159 Å². The molecule has 2 aliphatic heterocycles. The Morgan fingerprint density at radius 1 is 1.26 bits per heavy atom. The lowest BCUT2D eigenvalue weighted by Gasteiger charge is -2.37. The zero-order valence-corrected chi connectivity index (χ0v) is 15.8. The summed E-state index contributed by atoms with van der Waals surface area (Å²) < 4.78 is 11.1. The SMILES string of the molecule is COCC1CN(c2ccc(C(=O)N3CCc4ccccc43)cn2)CC(C)O1. The van der Waals surface area contributed by atoms with Crippen molar-refractivity contribution in [3.63, 3.8) is 0 Å². The molecule has 0 spiro atoms. The zero-order valence-electron chi connectivity index (χ0n) is 15.8. The Hall–Kier alpha value is -2.44. The maximum absolute atomic E-state index is 12.9. The van der Waals surface area contributed by atoms with E-state index in [9.17, 15) is 4.79 Å². The van der Waals surface area contributed by atoms with E-state index in [1.54, 1.807) is 13.3 Å². The minimum absolute atomic E-state index is 0.00612. The van der Waals surface area contributed by atoms with Gasteiger partial charge in [-0.15, -0.1) is 0 Å². The van der Waals surface area contributed by atoms with Crippen molar-refractivity contribution in [1.82, 2.24) is 4.98 Å². The molecule has 0 saturated carbocycles. The number of para-hydroxylation sites is 1. The number of anilines is 2. The van der Waals surface area contributed by atoms with Crippen molar-refractivity contribution in [2.75, 3.05) is 43.2 Å².